The van der Waals surface area contributed by atoms with Gasteiger partial charge in [0.2, 0.25) is 0 Å². The van der Waals surface area contributed by atoms with E-state index in [0.717, 1.165) is 37.2 Å². The third-order valence-corrected chi connectivity index (χ3v) is 3.53. The molecule has 0 radical (unpaired) electrons. The van der Waals surface area contributed by atoms with Gasteiger partial charge in [0.05, 0.1) is 12.3 Å². The number of ether oxygens (including phenoxy) is 1. The highest BCUT2D eigenvalue weighted by Crippen LogP contribution is 2.23. The van der Waals surface area contributed by atoms with Gasteiger partial charge in [-0.15, -0.1) is 0 Å². The van der Waals surface area contributed by atoms with Gasteiger partial charge in [-0.25, -0.2) is 0 Å². The first-order valence-electron chi connectivity index (χ1n) is 8.01. The standard InChI is InChI=1S/C19H26N2O/c1-3-12-22-19-10-9-16(14-18(19)20)7-5-11-21-17-8-4-6-15(2)13-17/h4,6,8-10,13-14,21H,3,5,7,11-12,20H2,1-2H3. The van der Waals surface area contributed by atoms with E-state index < -0.39 is 0 Å². The van der Waals surface area contributed by atoms with Gasteiger partial charge in [0.1, 0.15) is 5.75 Å². The van der Waals surface area contributed by atoms with Crippen LogP contribution in [0.25, 0.3) is 0 Å². The van der Waals surface area contributed by atoms with Crippen LogP contribution in [0.4, 0.5) is 11.4 Å². The lowest BCUT2D eigenvalue weighted by molar-refractivity contribution is 0.319. The number of benzene rings is 2. The molecule has 0 unspecified atom stereocenters. The normalized spacial score (nSPS) is 10.5. The summed E-state index contributed by atoms with van der Waals surface area (Å²) in [6.45, 7) is 5.86. The molecule has 0 bridgehead atoms. The van der Waals surface area contributed by atoms with E-state index in [2.05, 4.69) is 49.5 Å². The summed E-state index contributed by atoms with van der Waals surface area (Å²) in [6, 6.07) is 14.6. The molecule has 118 valence electrons. The summed E-state index contributed by atoms with van der Waals surface area (Å²) in [4.78, 5) is 0. The molecular weight excluding hydrogens is 272 g/mol. The van der Waals surface area contributed by atoms with Gasteiger partial charge < -0.3 is 15.8 Å². The summed E-state index contributed by atoms with van der Waals surface area (Å²) in [5, 5.41) is 3.45. The van der Waals surface area contributed by atoms with Gasteiger partial charge in [-0.1, -0.05) is 25.1 Å². The highest BCUT2D eigenvalue weighted by atomic mass is 16.5. The minimum absolute atomic E-state index is 0.712. The first-order chi connectivity index (χ1) is 10.7. The first-order valence-corrected chi connectivity index (χ1v) is 8.01. The molecule has 0 atom stereocenters. The third-order valence-electron chi connectivity index (χ3n) is 3.53. The van der Waals surface area contributed by atoms with E-state index in [4.69, 9.17) is 10.5 Å². The predicted molar refractivity (Wildman–Crippen MR) is 94.6 cm³/mol. The Hall–Kier alpha value is -2.16. The molecule has 2 aromatic rings. The number of nitrogens with two attached hydrogens (primary N) is 1. The molecule has 0 aliphatic heterocycles. The number of hydrogen-bond acceptors (Lipinski definition) is 3. The van der Waals surface area contributed by atoms with E-state index >= 15 is 0 Å². The van der Waals surface area contributed by atoms with E-state index in [0.29, 0.717) is 6.61 Å². The summed E-state index contributed by atoms with van der Waals surface area (Å²) in [5.41, 5.74) is 10.5. The van der Waals surface area contributed by atoms with Gasteiger partial charge >= 0.3 is 0 Å². The molecule has 3 N–H and O–H groups in total. The molecule has 0 aliphatic carbocycles. The van der Waals surface area contributed by atoms with Crippen LogP contribution in [0.5, 0.6) is 5.75 Å². The van der Waals surface area contributed by atoms with Crippen molar-refractivity contribution >= 4 is 11.4 Å². The van der Waals surface area contributed by atoms with Crippen LogP contribution in [-0.2, 0) is 6.42 Å². The van der Waals surface area contributed by atoms with Crippen molar-refractivity contribution in [3.8, 4) is 5.75 Å². The van der Waals surface area contributed by atoms with Crippen molar-refractivity contribution in [3.63, 3.8) is 0 Å². The molecule has 3 heteroatoms. The highest BCUT2D eigenvalue weighted by molar-refractivity contribution is 5.54. The summed E-state index contributed by atoms with van der Waals surface area (Å²) < 4.78 is 5.60. The molecule has 3 nitrogen and oxygen atoms in total. The Bertz CT molecular complexity index is 596. The molecule has 2 aromatic carbocycles. The number of anilines is 2. The van der Waals surface area contributed by atoms with Crippen LogP contribution < -0.4 is 15.8 Å². The summed E-state index contributed by atoms with van der Waals surface area (Å²) in [6.07, 6.45) is 3.07. The lowest BCUT2D eigenvalue weighted by Gasteiger charge is -2.10. The summed E-state index contributed by atoms with van der Waals surface area (Å²) in [7, 11) is 0. The van der Waals surface area contributed by atoms with Crippen LogP contribution in [0, 0.1) is 6.92 Å². The lowest BCUT2D eigenvalue weighted by Crippen LogP contribution is -2.04. The maximum atomic E-state index is 6.03. The molecule has 0 spiro atoms. The quantitative estimate of drug-likeness (QED) is 0.560. The van der Waals surface area contributed by atoms with Crippen molar-refractivity contribution in [1.29, 1.82) is 0 Å². The van der Waals surface area contributed by atoms with Crippen LogP contribution in [0.2, 0.25) is 0 Å². The van der Waals surface area contributed by atoms with Crippen molar-refractivity contribution in [2.75, 3.05) is 24.2 Å². The molecule has 0 aliphatic rings. The molecule has 0 saturated heterocycles. The molecule has 0 aromatic heterocycles. The van der Waals surface area contributed by atoms with Gasteiger partial charge in [0, 0.05) is 12.2 Å². The number of aryl methyl sites for hydroxylation is 2. The zero-order valence-corrected chi connectivity index (χ0v) is 13.6. The fourth-order valence-corrected chi connectivity index (χ4v) is 2.38. The number of rotatable bonds is 8. The van der Waals surface area contributed by atoms with Crippen LogP contribution >= 0.6 is 0 Å². The molecule has 0 amide bonds. The smallest absolute Gasteiger partial charge is 0.142 e. The zero-order chi connectivity index (χ0) is 15.8. The Morgan fingerprint density at radius 2 is 2.00 bits per heavy atom. The van der Waals surface area contributed by atoms with Gasteiger partial charge in [0.25, 0.3) is 0 Å². The highest BCUT2D eigenvalue weighted by Gasteiger charge is 2.02. The second-order valence-corrected chi connectivity index (χ2v) is 5.62. The SMILES string of the molecule is CCCOc1ccc(CCCNc2cccc(C)c2)cc1N. The summed E-state index contributed by atoms with van der Waals surface area (Å²) >= 11 is 0. The lowest BCUT2D eigenvalue weighted by atomic mass is 10.1. The van der Waals surface area contributed by atoms with Crippen molar-refractivity contribution in [3.05, 3.63) is 53.6 Å². The molecule has 0 saturated carbocycles. The molecule has 0 fully saturated rings. The van der Waals surface area contributed by atoms with Crippen LogP contribution in [0.1, 0.15) is 30.9 Å². The first kappa shape index (κ1) is 16.2. The third kappa shape index (κ3) is 4.99. The minimum Gasteiger partial charge on any atom is -0.491 e. The molecule has 2 rings (SSSR count). The zero-order valence-electron chi connectivity index (χ0n) is 13.6. The monoisotopic (exact) mass is 298 g/mol. The van der Waals surface area contributed by atoms with E-state index in [9.17, 15) is 0 Å². The predicted octanol–water partition coefficient (Wildman–Crippen LogP) is 4.41. The maximum Gasteiger partial charge on any atom is 0.142 e. The van der Waals surface area contributed by atoms with Gasteiger partial charge in [-0.2, -0.15) is 0 Å². The van der Waals surface area contributed by atoms with E-state index in [-0.39, 0.29) is 0 Å². The van der Waals surface area contributed by atoms with E-state index in [1.807, 2.05) is 12.1 Å². The Balaban J connectivity index is 1.78. The van der Waals surface area contributed by atoms with Crippen LogP contribution in [0.3, 0.4) is 0 Å². The van der Waals surface area contributed by atoms with Crippen molar-refractivity contribution < 1.29 is 4.74 Å². The van der Waals surface area contributed by atoms with Crippen LogP contribution in [0.15, 0.2) is 42.5 Å². The fraction of sp³-hybridized carbons (Fsp3) is 0.368. The fourth-order valence-electron chi connectivity index (χ4n) is 2.38. The summed E-state index contributed by atoms with van der Waals surface area (Å²) in [5.74, 6) is 0.795. The van der Waals surface area contributed by atoms with Crippen molar-refractivity contribution in [2.24, 2.45) is 0 Å². The Morgan fingerprint density at radius 3 is 2.73 bits per heavy atom. The Morgan fingerprint density at radius 1 is 1.14 bits per heavy atom. The van der Waals surface area contributed by atoms with Gasteiger partial charge in [-0.3, -0.25) is 0 Å². The van der Waals surface area contributed by atoms with Crippen molar-refractivity contribution in [2.45, 2.75) is 33.1 Å². The second kappa shape index (κ2) is 8.32. The van der Waals surface area contributed by atoms with Crippen LogP contribution in [-0.4, -0.2) is 13.2 Å². The average Bonchev–Trinajstić information content (AvgIpc) is 2.51. The van der Waals surface area contributed by atoms with E-state index in [1.165, 1.54) is 16.8 Å². The Kier molecular flexibility index (Phi) is 6.13. The number of nitrogen functional groups attached to an aromatic ring is 1. The number of nitrogens with one attached hydrogen (secondary N) is 1. The molecule has 0 heterocycles. The topological polar surface area (TPSA) is 47.3 Å². The van der Waals surface area contributed by atoms with E-state index in [1.54, 1.807) is 0 Å². The average molecular weight is 298 g/mol. The minimum atomic E-state index is 0.712. The van der Waals surface area contributed by atoms with Gasteiger partial charge in [0.15, 0.2) is 0 Å². The van der Waals surface area contributed by atoms with Gasteiger partial charge in [-0.05, 0) is 61.6 Å². The maximum absolute atomic E-state index is 6.03. The van der Waals surface area contributed by atoms with Crippen molar-refractivity contribution in [1.82, 2.24) is 0 Å². The second-order valence-electron chi connectivity index (χ2n) is 5.62. The Labute approximate surface area is 133 Å². The molecule has 22 heavy (non-hydrogen) atoms. The number of hydrogen-bond donors (Lipinski definition) is 2. The largest absolute Gasteiger partial charge is 0.491 e. The molecular formula is C19H26N2O.